The van der Waals surface area contributed by atoms with E-state index in [2.05, 4.69) is 10.1 Å². The summed E-state index contributed by atoms with van der Waals surface area (Å²) in [7, 11) is 0. The van der Waals surface area contributed by atoms with Crippen molar-refractivity contribution < 1.29 is 10.4 Å². The number of hydroxylamine groups is 1. The van der Waals surface area contributed by atoms with Crippen molar-refractivity contribution >= 4 is 23.4 Å². The molecular weight excluding hydrogens is 256 g/mol. The highest BCUT2D eigenvalue weighted by Crippen LogP contribution is 2.23. The van der Waals surface area contributed by atoms with Crippen LogP contribution < -0.4 is 11.2 Å². The second-order valence-corrected chi connectivity index (χ2v) is 4.02. The number of anilines is 1. The molecule has 20 heavy (non-hydrogen) atoms. The number of nitrogens with one attached hydrogen (secondary N) is 1. The molecule has 0 amide bonds. The fourth-order valence-corrected chi connectivity index (χ4v) is 1.68. The number of oxime groups is 1. The van der Waals surface area contributed by atoms with Gasteiger partial charge in [-0.3, -0.25) is 10.7 Å². The first-order chi connectivity index (χ1) is 9.72. The third kappa shape index (κ3) is 3.33. The lowest BCUT2D eigenvalue weighted by Crippen LogP contribution is -2.19. The van der Waals surface area contributed by atoms with Gasteiger partial charge < -0.3 is 10.9 Å². The van der Waals surface area contributed by atoms with Crippen molar-refractivity contribution in [1.29, 1.82) is 0 Å². The molecule has 0 heterocycles. The zero-order chi connectivity index (χ0) is 14.4. The number of nitrogens with zero attached hydrogens (tertiary/aromatic N) is 2. The second-order valence-electron chi connectivity index (χ2n) is 4.02. The third-order valence-electron chi connectivity index (χ3n) is 2.66. The van der Waals surface area contributed by atoms with E-state index < -0.39 is 0 Å². The van der Waals surface area contributed by atoms with Crippen LogP contribution in [0.4, 0.5) is 11.4 Å². The smallest absolute Gasteiger partial charge is 0.172 e. The second kappa shape index (κ2) is 6.35. The van der Waals surface area contributed by atoms with Crippen LogP contribution in [0.25, 0.3) is 11.1 Å². The Hall–Kier alpha value is -2.86. The summed E-state index contributed by atoms with van der Waals surface area (Å²) < 4.78 is 0. The van der Waals surface area contributed by atoms with E-state index in [1.165, 1.54) is 0 Å². The van der Waals surface area contributed by atoms with Crippen molar-refractivity contribution in [3.8, 4) is 11.1 Å². The monoisotopic (exact) mass is 270 g/mol. The van der Waals surface area contributed by atoms with E-state index in [0.717, 1.165) is 23.0 Å². The molecule has 0 aliphatic heterocycles. The van der Waals surface area contributed by atoms with E-state index in [1.54, 1.807) is 12.1 Å². The molecule has 0 saturated heterocycles. The van der Waals surface area contributed by atoms with Gasteiger partial charge in [0, 0.05) is 5.69 Å². The molecule has 0 saturated carbocycles. The van der Waals surface area contributed by atoms with Gasteiger partial charge >= 0.3 is 0 Å². The normalized spacial score (nSPS) is 11.8. The van der Waals surface area contributed by atoms with Crippen LogP contribution in [0.15, 0.2) is 58.7 Å². The number of benzene rings is 2. The van der Waals surface area contributed by atoms with Crippen LogP contribution in [0.3, 0.4) is 0 Å². The molecule has 6 nitrogen and oxygen atoms in total. The number of rotatable bonds is 3. The Balaban J connectivity index is 2.24. The number of nitrogens with two attached hydrogens (primary N) is 1. The van der Waals surface area contributed by atoms with Crippen LogP contribution in [-0.4, -0.2) is 22.5 Å². The van der Waals surface area contributed by atoms with Crippen LogP contribution in [0.1, 0.15) is 0 Å². The first kappa shape index (κ1) is 13.6. The lowest BCUT2D eigenvalue weighted by atomic mass is 10.1. The van der Waals surface area contributed by atoms with Gasteiger partial charge in [0.15, 0.2) is 5.84 Å². The molecule has 0 aromatic heterocycles. The summed E-state index contributed by atoms with van der Waals surface area (Å²) in [6.07, 6.45) is 0.994. The molecule has 0 unspecified atom stereocenters. The Bertz CT molecular complexity index is 619. The molecule has 102 valence electrons. The summed E-state index contributed by atoms with van der Waals surface area (Å²) in [5.74, 6) is 0.0349. The molecule has 6 heteroatoms. The fraction of sp³-hybridized carbons (Fsp3) is 0. The number of hydrogen-bond donors (Lipinski definition) is 4. The molecule has 0 spiro atoms. The third-order valence-corrected chi connectivity index (χ3v) is 2.66. The molecule has 2 aromatic carbocycles. The first-order valence-electron chi connectivity index (χ1n) is 5.85. The predicted molar refractivity (Wildman–Crippen MR) is 78.6 cm³/mol. The van der Waals surface area contributed by atoms with E-state index in [0.29, 0.717) is 5.69 Å². The summed E-state index contributed by atoms with van der Waals surface area (Å²) in [5, 5.41) is 20.0. The quantitative estimate of drug-likeness (QED) is 0.226. The molecular formula is C14H14N4O2. The van der Waals surface area contributed by atoms with Crippen LogP contribution in [0, 0.1) is 0 Å². The van der Waals surface area contributed by atoms with Gasteiger partial charge in [0.2, 0.25) is 0 Å². The van der Waals surface area contributed by atoms with Gasteiger partial charge in [-0.25, -0.2) is 4.99 Å². The number of aliphatic imine (C=N–C) groups is 1. The van der Waals surface area contributed by atoms with Crippen LogP contribution >= 0.6 is 0 Å². The van der Waals surface area contributed by atoms with Crippen LogP contribution in [-0.2, 0) is 0 Å². The molecule has 0 fully saturated rings. The van der Waals surface area contributed by atoms with E-state index in [-0.39, 0.29) is 5.84 Å². The summed E-state index contributed by atoms with van der Waals surface area (Å²) in [6, 6.07) is 14.9. The highest BCUT2D eigenvalue weighted by atomic mass is 16.5. The van der Waals surface area contributed by atoms with E-state index in [9.17, 15) is 0 Å². The highest BCUT2D eigenvalue weighted by molar-refractivity contribution is 6.29. The standard InChI is InChI=1S/C14H14N4O2/c15-12-5-1-10(2-6-12)11-3-7-13(8-4-11)17-14(18-20)9-16-19/h1-9,19-20H,15H2,(H,17,18)/b16-9+. The topological polar surface area (TPSA) is 103 Å². The van der Waals surface area contributed by atoms with Gasteiger partial charge in [-0.2, -0.15) is 0 Å². The highest BCUT2D eigenvalue weighted by Gasteiger charge is 1.99. The van der Waals surface area contributed by atoms with Gasteiger partial charge in [-0.05, 0) is 35.4 Å². The Morgan fingerprint density at radius 1 is 1.00 bits per heavy atom. The maximum absolute atomic E-state index is 8.78. The number of hydrogen-bond acceptors (Lipinski definition) is 5. The average molecular weight is 270 g/mol. The molecule has 0 bridgehead atoms. The zero-order valence-corrected chi connectivity index (χ0v) is 10.6. The Kier molecular flexibility index (Phi) is 4.31. The minimum atomic E-state index is 0.0349. The van der Waals surface area contributed by atoms with E-state index in [4.69, 9.17) is 16.1 Å². The SMILES string of the molecule is Nc1ccc(-c2ccc(N=C(/C=N/O)NO)cc2)cc1. The van der Waals surface area contributed by atoms with Crippen molar-refractivity contribution in [2.45, 2.75) is 0 Å². The zero-order valence-electron chi connectivity index (χ0n) is 10.6. The predicted octanol–water partition coefficient (Wildman–Crippen LogP) is 2.40. The van der Waals surface area contributed by atoms with Crippen molar-refractivity contribution in [2.75, 3.05) is 5.73 Å². The van der Waals surface area contributed by atoms with Crippen molar-refractivity contribution in [1.82, 2.24) is 5.48 Å². The number of amidine groups is 1. The summed E-state index contributed by atoms with van der Waals surface area (Å²) in [5.41, 5.74) is 10.9. The maximum atomic E-state index is 8.78. The molecule has 0 aliphatic carbocycles. The Labute approximate surface area is 115 Å². The van der Waals surface area contributed by atoms with Crippen molar-refractivity contribution in [3.63, 3.8) is 0 Å². The maximum Gasteiger partial charge on any atom is 0.172 e. The number of nitrogen functional groups attached to an aromatic ring is 1. The minimum Gasteiger partial charge on any atom is -0.411 e. The van der Waals surface area contributed by atoms with Crippen LogP contribution in [0.2, 0.25) is 0 Å². The summed E-state index contributed by atoms with van der Waals surface area (Å²) >= 11 is 0. The molecule has 5 N–H and O–H groups in total. The van der Waals surface area contributed by atoms with Gasteiger partial charge in [0.25, 0.3) is 0 Å². The van der Waals surface area contributed by atoms with Crippen molar-refractivity contribution in [2.24, 2.45) is 10.1 Å². The Morgan fingerprint density at radius 2 is 1.55 bits per heavy atom. The van der Waals surface area contributed by atoms with Gasteiger partial charge in [-0.15, -0.1) is 0 Å². The van der Waals surface area contributed by atoms with E-state index >= 15 is 0 Å². The molecule has 2 rings (SSSR count). The van der Waals surface area contributed by atoms with Gasteiger partial charge in [0.05, 0.1) is 5.69 Å². The fourth-order valence-electron chi connectivity index (χ4n) is 1.68. The van der Waals surface area contributed by atoms with E-state index in [1.807, 2.05) is 41.9 Å². The lowest BCUT2D eigenvalue weighted by molar-refractivity contribution is 0.236. The average Bonchev–Trinajstić information content (AvgIpc) is 2.48. The largest absolute Gasteiger partial charge is 0.411 e. The Morgan fingerprint density at radius 3 is 2.05 bits per heavy atom. The lowest BCUT2D eigenvalue weighted by Gasteiger charge is -2.03. The van der Waals surface area contributed by atoms with Gasteiger partial charge in [0.1, 0.15) is 6.21 Å². The van der Waals surface area contributed by atoms with Crippen LogP contribution in [0.5, 0.6) is 0 Å². The van der Waals surface area contributed by atoms with Crippen molar-refractivity contribution in [3.05, 3.63) is 48.5 Å². The summed E-state index contributed by atoms with van der Waals surface area (Å²) in [4.78, 5) is 4.04. The molecule has 0 atom stereocenters. The summed E-state index contributed by atoms with van der Waals surface area (Å²) in [6.45, 7) is 0. The minimum absolute atomic E-state index is 0.0349. The first-order valence-corrected chi connectivity index (χ1v) is 5.85. The molecule has 2 aromatic rings. The molecule has 0 radical (unpaired) electrons. The van der Waals surface area contributed by atoms with Gasteiger partial charge in [-0.1, -0.05) is 29.4 Å². The molecule has 0 aliphatic rings.